The maximum Gasteiger partial charge on any atom is 0.312 e. The summed E-state index contributed by atoms with van der Waals surface area (Å²) in [5.74, 6) is -1.25. The molecule has 0 spiro atoms. The van der Waals surface area contributed by atoms with Crippen molar-refractivity contribution in [1.82, 2.24) is 9.80 Å². The molecule has 0 aliphatic carbocycles. The zero-order valence-corrected chi connectivity index (χ0v) is 16.7. The van der Waals surface area contributed by atoms with Gasteiger partial charge in [0.2, 0.25) is 0 Å². The van der Waals surface area contributed by atoms with E-state index in [4.69, 9.17) is 4.74 Å². The van der Waals surface area contributed by atoms with Crippen LogP contribution in [-0.2, 0) is 19.1 Å². The number of hydrogen-bond acceptors (Lipinski definition) is 5. The van der Waals surface area contributed by atoms with Crippen molar-refractivity contribution in [2.75, 3.05) is 50.8 Å². The molecule has 152 valence electrons. The molecule has 7 nitrogen and oxygen atoms in total. The fourth-order valence-corrected chi connectivity index (χ4v) is 3.84. The molecule has 1 aromatic rings. The maximum absolute atomic E-state index is 12.6. The predicted molar refractivity (Wildman–Crippen MR) is 106 cm³/mol. The van der Waals surface area contributed by atoms with Gasteiger partial charge in [-0.3, -0.25) is 14.4 Å². The summed E-state index contributed by atoms with van der Waals surface area (Å²) in [6.45, 7) is 7.58. The zero-order chi connectivity index (χ0) is 20.1. The molecule has 0 N–H and O–H groups in total. The number of esters is 1. The second-order valence-electron chi connectivity index (χ2n) is 7.44. The first-order chi connectivity index (χ1) is 13.5. The molecule has 1 aromatic carbocycles. The molecule has 28 heavy (non-hydrogen) atoms. The van der Waals surface area contributed by atoms with Crippen LogP contribution in [0.1, 0.15) is 25.3 Å². The third kappa shape index (κ3) is 4.64. The fraction of sp³-hybridized carbons (Fsp3) is 0.571. The van der Waals surface area contributed by atoms with E-state index < -0.39 is 11.8 Å². The number of hydrogen-bond donors (Lipinski definition) is 0. The van der Waals surface area contributed by atoms with E-state index in [-0.39, 0.29) is 11.9 Å². The van der Waals surface area contributed by atoms with Gasteiger partial charge < -0.3 is 19.4 Å². The minimum Gasteiger partial charge on any atom is -0.466 e. The van der Waals surface area contributed by atoms with E-state index in [1.54, 1.807) is 16.7 Å². The average molecular weight is 387 g/mol. The molecule has 0 saturated carbocycles. The zero-order valence-electron chi connectivity index (χ0n) is 16.7. The van der Waals surface area contributed by atoms with Crippen LogP contribution in [0.5, 0.6) is 0 Å². The Bertz CT molecular complexity index is 720. The Morgan fingerprint density at radius 2 is 1.57 bits per heavy atom. The number of piperazine rings is 1. The number of ether oxygens (including phenoxy) is 1. The lowest BCUT2D eigenvalue weighted by Gasteiger charge is -2.37. The molecule has 7 heteroatoms. The molecule has 2 aliphatic rings. The summed E-state index contributed by atoms with van der Waals surface area (Å²) in [5, 5.41) is 0. The van der Waals surface area contributed by atoms with Gasteiger partial charge in [0.25, 0.3) is 0 Å². The van der Waals surface area contributed by atoms with Gasteiger partial charge >= 0.3 is 17.8 Å². The minimum atomic E-state index is -0.452. The smallest absolute Gasteiger partial charge is 0.312 e. The van der Waals surface area contributed by atoms with Crippen molar-refractivity contribution in [1.29, 1.82) is 0 Å². The lowest BCUT2D eigenvalue weighted by molar-refractivity contribution is -0.155. The van der Waals surface area contributed by atoms with E-state index in [9.17, 15) is 14.4 Å². The number of carbonyl (C=O) groups excluding carboxylic acids is 3. The standard InChI is InChI=1S/C21H29N3O4/c1-3-28-21(27)17-7-9-23(10-8-17)19(25)20(26)24-13-11-22(12-14-24)18-6-4-5-16(2)15-18/h4-6,15,17H,3,7-14H2,1-2H3. The van der Waals surface area contributed by atoms with Crippen LogP contribution < -0.4 is 4.90 Å². The summed E-state index contributed by atoms with van der Waals surface area (Å²) in [6.07, 6.45) is 1.11. The number of aryl methyl sites for hydroxylation is 1. The van der Waals surface area contributed by atoms with Gasteiger partial charge in [-0.15, -0.1) is 0 Å². The SMILES string of the molecule is CCOC(=O)C1CCN(C(=O)C(=O)N2CCN(c3cccc(C)c3)CC2)CC1. The summed E-state index contributed by atoms with van der Waals surface area (Å²) in [6, 6.07) is 8.30. The van der Waals surface area contributed by atoms with E-state index in [0.29, 0.717) is 58.7 Å². The lowest BCUT2D eigenvalue weighted by Crippen LogP contribution is -2.54. The Labute approximate surface area is 166 Å². The average Bonchev–Trinajstić information content (AvgIpc) is 2.73. The highest BCUT2D eigenvalue weighted by atomic mass is 16.5. The lowest BCUT2D eigenvalue weighted by atomic mass is 9.97. The molecule has 0 radical (unpaired) electrons. The molecular weight excluding hydrogens is 358 g/mol. The Morgan fingerprint density at radius 1 is 0.964 bits per heavy atom. The van der Waals surface area contributed by atoms with E-state index in [0.717, 1.165) is 5.69 Å². The highest BCUT2D eigenvalue weighted by molar-refractivity contribution is 6.35. The van der Waals surface area contributed by atoms with Crippen LogP contribution in [0.15, 0.2) is 24.3 Å². The highest BCUT2D eigenvalue weighted by Gasteiger charge is 2.33. The molecule has 0 bridgehead atoms. The molecule has 2 aliphatic heterocycles. The molecule has 3 rings (SSSR count). The van der Waals surface area contributed by atoms with Crippen LogP contribution in [0.2, 0.25) is 0 Å². The van der Waals surface area contributed by atoms with Gasteiger partial charge in [0, 0.05) is 45.0 Å². The Hall–Kier alpha value is -2.57. The van der Waals surface area contributed by atoms with Gasteiger partial charge in [0.15, 0.2) is 0 Å². The first-order valence-corrected chi connectivity index (χ1v) is 10.1. The third-order valence-electron chi connectivity index (χ3n) is 5.52. The van der Waals surface area contributed by atoms with Crippen molar-refractivity contribution in [2.45, 2.75) is 26.7 Å². The van der Waals surface area contributed by atoms with Crippen LogP contribution in [0.3, 0.4) is 0 Å². The number of nitrogens with zero attached hydrogens (tertiary/aromatic N) is 3. The van der Waals surface area contributed by atoms with Gasteiger partial charge in [-0.1, -0.05) is 12.1 Å². The van der Waals surface area contributed by atoms with Crippen LogP contribution in [-0.4, -0.2) is 73.5 Å². The molecule has 0 unspecified atom stereocenters. The molecule has 0 atom stereocenters. The number of piperidine rings is 1. The van der Waals surface area contributed by atoms with Gasteiger partial charge in [-0.2, -0.15) is 0 Å². The first-order valence-electron chi connectivity index (χ1n) is 10.1. The van der Waals surface area contributed by atoms with Crippen molar-refractivity contribution >= 4 is 23.5 Å². The summed E-state index contributed by atoms with van der Waals surface area (Å²) < 4.78 is 5.05. The van der Waals surface area contributed by atoms with Crippen molar-refractivity contribution in [3.05, 3.63) is 29.8 Å². The van der Waals surface area contributed by atoms with E-state index in [1.807, 2.05) is 6.07 Å². The third-order valence-corrected chi connectivity index (χ3v) is 5.52. The second kappa shape index (κ2) is 9.08. The van der Waals surface area contributed by atoms with Crippen molar-refractivity contribution in [2.24, 2.45) is 5.92 Å². The Balaban J connectivity index is 1.49. The van der Waals surface area contributed by atoms with Gasteiger partial charge in [0.1, 0.15) is 0 Å². The summed E-state index contributed by atoms with van der Waals surface area (Å²) >= 11 is 0. The largest absolute Gasteiger partial charge is 0.466 e. The summed E-state index contributed by atoms with van der Waals surface area (Å²) in [5.41, 5.74) is 2.36. The molecule has 2 heterocycles. The normalized spacial score (nSPS) is 18.1. The number of amides is 2. The number of anilines is 1. The van der Waals surface area contributed by atoms with Crippen molar-refractivity contribution < 1.29 is 19.1 Å². The van der Waals surface area contributed by atoms with Crippen LogP contribution in [0, 0.1) is 12.8 Å². The topological polar surface area (TPSA) is 70.2 Å². The quantitative estimate of drug-likeness (QED) is 0.580. The predicted octanol–water partition coefficient (Wildman–Crippen LogP) is 1.45. The fourth-order valence-electron chi connectivity index (χ4n) is 3.84. The number of likely N-dealkylation sites (tertiary alicyclic amines) is 1. The first kappa shape index (κ1) is 20.2. The van der Waals surface area contributed by atoms with Crippen molar-refractivity contribution in [3.63, 3.8) is 0 Å². The van der Waals surface area contributed by atoms with E-state index in [1.165, 1.54) is 5.56 Å². The molecule has 0 aromatic heterocycles. The van der Waals surface area contributed by atoms with Crippen LogP contribution in [0.4, 0.5) is 5.69 Å². The van der Waals surface area contributed by atoms with Crippen LogP contribution in [0.25, 0.3) is 0 Å². The Kier molecular flexibility index (Phi) is 6.54. The minimum absolute atomic E-state index is 0.169. The maximum atomic E-state index is 12.6. The number of carbonyl (C=O) groups is 3. The van der Waals surface area contributed by atoms with Crippen molar-refractivity contribution in [3.8, 4) is 0 Å². The van der Waals surface area contributed by atoms with Gasteiger partial charge in [-0.25, -0.2) is 0 Å². The second-order valence-corrected chi connectivity index (χ2v) is 7.44. The number of rotatable bonds is 3. The van der Waals surface area contributed by atoms with Gasteiger partial charge in [-0.05, 0) is 44.4 Å². The number of benzene rings is 1. The Morgan fingerprint density at radius 3 is 2.14 bits per heavy atom. The summed E-state index contributed by atoms with van der Waals surface area (Å²) in [4.78, 5) is 42.5. The van der Waals surface area contributed by atoms with E-state index >= 15 is 0 Å². The van der Waals surface area contributed by atoms with Crippen LogP contribution >= 0.6 is 0 Å². The summed E-state index contributed by atoms with van der Waals surface area (Å²) in [7, 11) is 0. The highest BCUT2D eigenvalue weighted by Crippen LogP contribution is 2.20. The molecule has 2 fully saturated rings. The molecule has 2 saturated heterocycles. The molecular formula is C21H29N3O4. The van der Waals surface area contributed by atoms with E-state index in [2.05, 4.69) is 30.0 Å². The van der Waals surface area contributed by atoms with Gasteiger partial charge in [0.05, 0.1) is 12.5 Å². The molecule has 2 amide bonds. The monoisotopic (exact) mass is 387 g/mol.